The average molecular weight is 514 g/mol. The lowest BCUT2D eigenvalue weighted by Crippen LogP contribution is -2.31. The lowest BCUT2D eigenvalue weighted by atomic mass is 10.1. The maximum atomic E-state index is 14.2. The highest BCUT2D eigenvalue weighted by molar-refractivity contribution is 5.98. The number of nitrogen functional groups attached to an aromatic ring is 1. The number of aromatic nitrogens is 7. The van der Waals surface area contributed by atoms with Crippen LogP contribution in [-0.2, 0) is 6.54 Å². The SMILES string of the molecule is C[C@@H](c1ccccc1)n1c(Cn2nc(-c3cc(O)c(F)c(F)c3)c3c(N)ncnc32)nn2cccc2c1=O. The third kappa shape index (κ3) is 3.65. The fourth-order valence-corrected chi connectivity index (χ4v) is 4.62. The topological polar surface area (TPSA) is 129 Å². The van der Waals surface area contributed by atoms with Crippen LogP contribution in [0, 0.1) is 11.6 Å². The number of phenolic OH excluding ortho intramolecular Hbond substituents is 1. The number of aromatic hydroxyl groups is 1. The Labute approximate surface area is 213 Å². The van der Waals surface area contributed by atoms with E-state index in [9.17, 15) is 18.7 Å². The summed E-state index contributed by atoms with van der Waals surface area (Å²) in [7, 11) is 0. The fourth-order valence-electron chi connectivity index (χ4n) is 4.62. The summed E-state index contributed by atoms with van der Waals surface area (Å²) >= 11 is 0. The summed E-state index contributed by atoms with van der Waals surface area (Å²) in [6.45, 7) is 1.89. The second-order valence-corrected chi connectivity index (χ2v) is 8.77. The van der Waals surface area contributed by atoms with Crippen molar-refractivity contribution in [2.24, 2.45) is 0 Å². The molecule has 0 spiro atoms. The monoisotopic (exact) mass is 514 g/mol. The van der Waals surface area contributed by atoms with E-state index in [2.05, 4.69) is 20.2 Å². The van der Waals surface area contributed by atoms with Crippen molar-refractivity contribution in [2.75, 3.05) is 5.73 Å². The molecule has 190 valence electrons. The summed E-state index contributed by atoms with van der Waals surface area (Å²) in [5.74, 6) is -3.06. The predicted molar refractivity (Wildman–Crippen MR) is 136 cm³/mol. The van der Waals surface area contributed by atoms with Crippen LogP contribution in [0.15, 0.2) is 71.9 Å². The molecule has 0 amide bonds. The van der Waals surface area contributed by atoms with Gasteiger partial charge in [-0.25, -0.2) is 23.6 Å². The van der Waals surface area contributed by atoms with Gasteiger partial charge in [0.15, 0.2) is 28.9 Å². The number of nitrogens with two attached hydrogens (primary N) is 1. The lowest BCUT2D eigenvalue weighted by Gasteiger charge is -2.20. The number of phenols is 1. The Bertz CT molecular complexity index is 1870. The number of nitrogens with zero attached hydrogens (tertiary/aromatic N) is 7. The first-order chi connectivity index (χ1) is 18.3. The number of fused-ring (bicyclic) bond motifs is 2. The van der Waals surface area contributed by atoms with E-state index >= 15 is 0 Å². The van der Waals surface area contributed by atoms with Gasteiger partial charge in [-0.15, -0.1) is 0 Å². The molecule has 0 unspecified atom stereocenters. The van der Waals surface area contributed by atoms with E-state index in [-0.39, 0.29) is 46.3 Å². The molecule has 12 heteroatoms. The number of hydrogen-bond acceptors (Lipinski definition) is 7. The standard InChI is InChI=1S/C26H20F2N8O2/c1-14(15-6-3-2-4-7-15)36-20(32-34-9-5-8-18(34)26(36)38)12-35-25-21(24(29)30-13-31-25)23(33-35)16-10-17(27)22(28)19(37)11-16/h2-11,13-14,37H,12H2,1H3,(H2,29,30,31)/t14-/m0/s1. The molecular formula is C26H20F2N8O2. The van der Waals surface area contributed by atoms with Gasteiger partial charge < -0.3 is 10.8 Å². The molecule has 0 fully saturated rings. The van der Waals surface area contributed by atoms with Crippen LogP contribution in [0.3, 0.4) is 0 Å². The van der Waals surface area contributed by atoms with Crippen LogP contribution in [0.2, 0.25) is 0 Å². The molecule has 1 atom stereocenters. The van der Waals surface area contributed by atoms with Gasteiger partial charge in [-0.05, 0) is 36.8 Å². The molecule has 0 bridgehead atoms. The van der Waals surface area contributed by atoms with Gasteiger partial charge in [0.1, 0.15) is 29.9 Å². The van der Waals surface area contributed by atoms with Crippen LogP contribution < -0.4 is 11.3 Å². The van der Waals surface area contributed by atoms with Crippen LogP contribution in [-0.4, -0.2) is 39.0 Å². The van der Waals surface area contributed by atoms with E-state index in [1.54, 1.807) is 22.9 Å². The Kier molecular flexibility index (Phi) is 5.37. The second-order valence-electron chi connectivity index (χ2n) is 8.77. The summed E-state index contributed by atoms with van der Waals surface area (Å²) in [6.07, 6.45) is 2.93. The van der Waals surface area contributed by atoms with Gasteiger partial charge in [0, 0.05) is 11.8 Å². The van der Waals surface area contributed by atoms with E-state index in [0.29, 0.717) is 11.3 Å². The third-order valence-electron chi connectivity index (χ3n) is 6.47. The lowest BCUT2D eigenvalue weighted by molar-refractivity contribution is 0.407. The number of hydrogen-bond donors (Lipinski definition) is 2. The predicted octanol–water partition coefficient (Wildman–Crippen LogP) is 3.53. The normalized spacial score (nSPS) is 12.4. The highest BCUT2D eigenvalue weighted by atomic mass is 19.2. The maximum absolute atomic E-state index is 14.2. The molecular weight excluding hydrogens is 494 g/mol. The van der Waals surface area contributed by atoms with Crippen molar-refractivity contribution in [1.82, 2.24) is 33.9 Å². The van der Waals surface area contributed by atoms with Gasteiger partial charge in [-0.1, -0.05) is 30.3 Å². The van der Waals surface area contributed by atoms with Gasteiger partial charge in [-0.3, -0.25) is 9.36 Å². The zero-order valence-electron chi connectivity index (χ0n) is 20.0. The molecule has 0 aliphatic heterocycles. The van der Waals surface area contributed by atoms with Gasteiger partial charge in [0.05, 0.1) is 11.4 Å². The van der Waals surface area contributed by atoms with Crippen molar-refractivity contribution in [1.29, 1.82) is 0 Å². The molecule has 2 aromatic carbocycles. The van der Waals surface area contributed by atoms with Crippen molar-refractivity contribution in [3.05, 3.63) is 100 Å². The Balaban J connectivity index is 1.56. The third-order valence-corrected chi connectivity index (χ3v) is 6.47. The molecule has 4 aromatic heterocycles. The van der Waals surface area contributed by atoms with Crippen molar-refractivity contribution in [3.63, 3.8) is 0 Å². The van der Waals surface area contributed by atoms with E-state index < -0.39 is 17.4 Å². The Morgan fingerprint density at radius 3 is 2.61 bits per heavy atom. The largest absolute Gasteiger partial charge is 0.505 e. The summed E-state index contributed by atoms with van der Waals surface area (Å²) in [4.78, 5) is 21.9. The second kappa shape index (κ2) is 8.76. The summed E-state index contributed by atoms with van der Waals surface area (Å²) in [6, 6.07) is 14.5. The van der Waals surface area contributed by atoms with Crippen LogP contribution in [0.5, 0.6) is 5.75 Å². The molecule has 0 saturated heterocycles. The fraction of sp³-hybridized carbons (Fsp3) is 0.115. The van der Waals surface area contributed by atoms with Crippen LogP contribution in [0.1, 0.15) is 24.4 Å². The minimum absolute atomic E-state index is 0.0108. The number of anilines is 1. The van der Waals surface area contributed by atoms with Crippen LogP contribution in [0.4, 0.5) is 14.6 Å². The zero-order chi connectivity index (χ0) is 26.6. The van der Waals surface area contributed by atoms with E-state index in [0.717, 1.165) is 17.7 Å². The maximum Gasteiger partial charge on any atom is 0.278 e. The average Bonchev–Trinajstić information content (AvgIpc) is 3.53. The summed E-state index contributed by atoms with van der Waals surface area (Å²) in [5.41, 5.74) is 7.71. The van der Waals surface area contributed by atoms with Crippen LogP contribution >= 0.6 is 0 Å². The first-order valence-electron chi connectivity index (χ1n) is 11.6. The molecule has 6 aromatic rings. The highest BCUT2D eigenvalue weighted by Crippen LogP contribution is 2.34. The molecule has 6 rings (SSSR count). The van der Waals surface area contributed by atoms with Gasteiger partial charge >= 0.3 is 0 Å². The first-order valence-corrected chi connectivity index (χ1v) is 11.6. The van der Waals surface area contributed by atoms with Gasteiger partial charge in [0.25, 0.3) is 5.56 Å². The zero-order valence-corrected chi connectivity index (χ0v) is 20.0. The smallest absolute Gasteiger partial charge is 0.278 e. The number of halogens is 2. The summed E-state index contributed by atoms with van der Waals surface area (Å²) < 4.78 is 32.5. The molecule has 0 radical (unpaired) electrons. The molecule has 38 heavy (non-hydrogen) atoms. The van der Waals surface area contributed by atoms with Crippen molar-refractivity contribution >= 4 is 22.4 Å². The quantitative estimate of drug-likeness (QED) is 0.360. The molecule has 0 aliphatic rings. The van der Waals surface area contributed by atoms with Crippen molar-refractivity contribution < 1.29 is 13.9 Å². The molecule has 0 aliphatic carbocycles. The summed E-state index contributed by atoms with van der Waals surface area (Å²) in [5, 5.41) is 19.4. The Morgan fingerprint density at radius 2 is 1.84 bits per heavy atom. The molecule has 0 saturated carbocycles. The van der Waals surface area contributed by atoms with Crippen molar-refractivity contribution in [3.8, 4) is 17.0 Å². The van der Waals surface area contributed by atoms with Crippen LogP contribution in [0.25, 0.3) is 27.8 Å². The van der Waals surface area contributed by atoms with Gasteiger partial charge in [-0.2, -0.15) is 14.6 Å². The molecule has 3 N–H and O–H groups in total. The Morgan fingerprint density at radius 1 is 1.05 bits per heavy atom. The van der Waals surface area contributed by atoms with E-state index in [1.165, 1.54) is 15.5 Å². The number of benzene rings is 2. The van der Waals surface area contributed by atoms with E-state index in [1.807, 2.05) is 37.3 Å². The first kappa shape index (κ1) is 23.3. The minimum atomic E-state index is -1.37. The highest BCUT2D eigenvalue weighted by Gasteiger charge is 2.23. The van der Waals surface area contributed by atoms with E-state index in [4.69, 9.17) is 5.73 Å². The Hall–Kier alpha value is -5.13. The minimum Gasteiger partial charge on any atom is -0.505 e. The van der Waals surface area contributed by atoms with Gasteiger partial charge in [0.2, 0.25) is 0 Å². The number of rotatable bonds is 5. The molecule has 10 nitrogen and oxygen atoms in total. The van der Waals surface area contributed by atoms with Crippen molar-refractivity contribution in [2.45, 2.75) is 19.5 Å². The molecule has 4 heterocycles.